The molecule has 5 atom stereocenters. The van der Waals surface area contributed by atoms with E-state index >= 15 is 0 Å². The number of carbonyl (C=O) groups is 1. The average molecular weight is 381 g/mol. The maximum Gasteiger partial charge on any atom is 0.220 e. The third-order valence-electron chi connectivity index (χ3n) is 6.84. The molecule has 0 bridgehead atoms. The summed E-state index contributed by atoms with van der Waals surface area (Å²) in [7, 11) is 0. The lowest BCUT2D eigenvalue weighted by atomic mass is 9.47. The number of aryl methyl sites for hydroxylation is 1. The van der Waals surface area contributed by atoms with Crippen molar-refractivity contribution in [2.45, 2.75) is 78.4 Å². The molecular weight excluding hydrogens is 348 g/mol. The Balaban J connectivity index is 2.04. The van der Waals surface area contributed by atoms with Crippen LogP contribution in [0.4, 0.5) is 0 Å². The van der Waals surface area contributed by atoms with Gasteiger partial charge in [-0.05, 0) is 51.4 Å². The molecular formula is C20H32N2O3S. The second-order valence-electron chi connectivity index (χ2n) is 9.00. The van der Waals surface area contributed by atoms with Gasteiger partial charge in [0.25, 0.3) is 0 Å². The largest absolute Gasteiger partial charge is 0.396 e. The summed E-state index contributed by atoms with van der Waals surface area (Å²) in [5, 5.41) is 24.9. The molecule has 1 saturated carbocycles. The summed E-state index contributed by atoms with van der Waals surface area (Å²) in [4.78, 5) is 18.6. The normalized spacial score (nSPS) is 36.5. The fraction of sp³-hybridized carbons (Fsp3) is 0.800. The number of hydrogen-bond donors (Lipinski definition) is 3. The monoisotopic (exact) mass is 380 g/mol. The van der Waals surface area contributed by atoms with Crippen molar-refractivity contribution in [3.8, 4) is 0 Å². The molecule has 1 aromatic rings. The molecule has 0 radical (unpaired) electrons. The molecule has 5 nitrogen and oxygen atoms in total. The van der Waals surface area contributed by atoms with Gasteiger partial charge in [-0.3, -0.25) is 4.79 Å². The fourth-order valence-corrected chi connectivity index (χ4v) is 6.38. The zero-order valence-corrected chi connectivity index (χ0v) is 17.3. The Kier molecular flexibility index (Phi) is 5.23. The molecule has 3 rings (SSSR count). The lowest BCUT2D eigenvalue weighted by molar-refractivity contribution is -0.144. The van der Waals surface area contributed by atoms with Crippen molar-refractivity contribution >= 4 is 17.2 Å². The summed E-state index contributed by atoms with van der Waals surface area (Å²) in [5.74, 6) is 0.214. The van der Waals surface area contributed by atoms with Crippen molar-refractivity contribution in [3.63, 3.8) is 0 Å². The van der Waals surface area contributed by atoms with Gasteiger partial charge in [-0.2, -0.15) is 0 Å². The molecule has 3 N–H and O–H groups in total. The van der Waals surface area contributed by atoms with E-state index in [1.165, 1.54) is 4.88 Å². The number of fused-ring (bicyclic) bond motifs is 2. The Labute approximate surface area is 160 Å². The Morgan fingerprint density at radius 1 is 1.42 bits per heavy atom. The molecule has 1 amide bonds. The molecule has 1 fully saturated rings. The number of nitrogens with one attached hydrogen (secondary N) is 1. The van der Waals surface area contributed by atoms with Gasteiger partial charge in [0.05, 0.1) is 23.4 Å². The lowest BCUT2D eigenvalue weighted by Crippen LogP contribution is -2.57. The van der Waals surface area contributed by atoms with Crippen LogP contribution in [0.2, 0.25) is 0 Å². The van der Waals surface area contributed by atoms with Crippen LogP contribution in [-0.4, -0.2) is 39.9 Å². The summed E-state index contributed by atoms with van der Waals surface area (Å²) < 4.78 is 0. The van der Waals surface area contributed by atoms with Gasteiger partial charge in [0.1, 0.15) is 0 Å². The average Bonchev–Trinajstić information content (AvgIpc) is 2.93. The topological polar surface area (TPSA) is 82.5 Å². The van der Waals surface area contributed by atoms with Crippen molar-refractivity contribution in [2.75, 3.05) is 6.61 Å². The third kappa shape index (κ3) is 3.10. The van der Waals surface area contributed by atoms with Crippen molar-refractivity contribution in [1.82, 2.24) is 10.3 Å². The van der Waals surface area contributed by atoms with E-state index in [-0.39, 0.29) is 35.8 Å². The first-order valence-corrected chi connectivity index (χ1v) is 10.5. The number of carbonyl (C=O) groups excluding carboxylic acids is 1. The van der Waals surface area contributed by atoms with E-state index in [4.69, 9.17) is 4.98 Å². The van der Waals surface area contributed by atoms with Crippen LogP contribution in [0, 0.1) is 23.7 Å². The zero-order chi connectivity index (χ0) is 19.3. The zero-order valence-electron chi connectivity index (χ0n) is 16.5. The van der Waals surface area contributed by atoms with Crippen molar-refractivity contribution in [1.29, 1.82) is 0 Å². The second-order valence-corrected chi connectivity index (χ2v) is 10.3. The van der Waals surface area contributed by atoms with Crippen LogP contribution in [-0.2, 0) is 11.2 Å². The van der Waals surface area contributed by atoms with Crippen LogP contribution in [0.1, 0.15) is 68.5 Å². The summed E-state index contributed by atoms with van der Waals surface area (Å²) in [6.07, 6.45) is 2.24. The van der Waals surface area contributed by atoms with Crippen LogP contribution < -0.4 is 5.32 Å². The van der Waals surface area contributed by atoms with E-state index in [1.54, 1.807) is 11.3 Å². The predicted octanol–water partition coefficient (Wildman–Crippen LogP) is 2.78. The predicted molar refractivity (Wildman–Crippen MR) is 103 cm³/mol. The van der Waals surface area contributed by atoms with Crippen LogP contribution in [0.5, 0.6) is 0 Å². The standard InChI is InChI=1S/C20H32N2O3S/c1-11(2)21-17(25)8-13-18-14(26-12(3)22-18)9-15-19(13,4)7-6-16(24)20(15,5)10-23/h11,13,15-16,23-24H,6-10H2,1-5H3,(H,21,25). The molecule has 6 heteroatoms. The Hall–Kier alpha value is -0.980. The van der Waals surface area contributed by atoms with E-state index in [1.807, 2.05) is 27.7 Å². The van der Waals surface area contributed by atoms with Gasteiger partial charge >= 0.3 is 0 Å². The van der Waals surface area contributed by atoms with Crippen molar-refractivity contribution in [2.24, 2.45) is 16.7 Å². The number of aliphatic hydroxyl groups excluding tert-OH is 2. The first kappa shape index (κ1) is 19.8. The summed E-state index contributed by atoms with van der Waals surface area (Å²) in [6, 6.07) is 0.113. The van der Waals surface area contributed by atoms with Gasteiger partial charge in [0.15, 0.2) is 0 Å². The molecule has 0 aromatic carbocycles. The van der Waals surface area contributed by atoms with Crippen LogP contribution in [0.25, 0.3) is 0 Å². The highest BCUT2D eigenvalue weighted by molar-refractivity contribution is 7.11. The van der Waals surface area contributed by atoms with Gasteiger partial charge in [-0.1, -0.05) is 13.8 Å². The van der Waals surface area contributed by atoms with Gasteiger partial charge in [0.2, 0.25) is 5.91 Å². The maximum atomic E-state index is 12.6. The van der Waals surface area contributed by atoms with E-state index in [0.29, 0.717) is 12.8 Å². The highest BCUT2D eigenvalue weighted by Gasteiger charge is 2.59. The van der Waals surface area contributed by atoms with Crippen LogP contribution in [0.15, 0.2) is 0 Å². The molecule has 0 saturated heterocycles. The van der Waals surface area contributed by atoms with Gasteiger partial charge in [-0.25, -0.2) is 4.98 Å². The Bertz CT molecular complexity index is 689. The SMILES string of the molecule is Cc1nc2c(s1)CC1C(C)(CO)C(O)CCC1(C)C2CC(=O)NC(C)C. The minimum absolute atomic E-state index is 0.0262. The van der Waals surface area contributed by atoms with Gasteiger partial charge < -0.3 is 15.5 Å². The number of rotatable bonds is 4. The fourth-order valence-electron chi connectivity index (χ4n) is 5.33. The van der Waals surface area contributed by atoms with E-state index < -0.39 is 11.5 Å². The molecule has 0 spiro atoms. The van der Waals surface area contributed by atoms with Gasteiger partial charge in [0, 0.05) is 28.7 Å². The number of aromatic nitrogens is 1. The molecule has 0 aliphatic heterocycles. The highest BCUT2D eigenvalue weighted by Crippen LogP contribution is 2.62. The highest BCUT2D eigenvalue weighted by atomic mass is 32.1. The van der Waals surface area contributed by atoms with Crippen molar-refractivity contribution < 1.29 is 15.0 Å². The molecule has 5 unspecified atom stereocenters. The lowest BCUT2D eigenvalue weighted by Gasteiger charge is -2.58. The first-order valence-electron chi connectivity index (χ1n) is 9.66. The van der Waals surface area contributed by atoms with Crippen molar-refractivity contribution in [3.05, 3.63) is 15.6 Å². The Morgan fingerprint density at radius 2 is 2.12 bits per heavy atom. The number of thiazole rings is 1. The second kappa shape index (κ2) is 6.88. The number of amides is 1. The van der Waals surface area contributed by atoms with E-state index in [9.17, 15) is 15.0 Å². The maximum absolute atomic E-state index is 12.6. The van der Waals surface area contributed by atoms with E-state index in [2.05, 4.69) is 12.2 Å². The molecule has 26 heavy (non-hydrogen) atoms. The smallest absolute Gasteiger partial charge is 0.220 e. The van der Waals surface area contributed by atoms with Gasteiger partial charge in [-0.15, -0.1) is 11.3 Å². The first-order chi connectivity index (χ1) is 12.1. The minimum Gasteiger partial charge on any atom is -0.396 e. The van der Waals surface area contributed by atoms with Crippen LogP contribution >= 0.6 is 11.3 Å². The minimum atomic E-state index is -0.546. The number of nitrogens with zero attached hydrogens (tertiary/aromatic N) is 1. The molecule has 1 aromatic heterocycles. The number of hydrogen-bond acceptors (Lipinski definition) is 5. The van der Waals surface area contributed by atoms with E-state index in [0.717, 1.165) is 23.5 Å². The number of aliphatic hydroxyl groups is 2. The summed E-state index contributed by atoms with van der Waals surface area (Å²) in [5.41, 5.74) is 0.371. The molecule has 146 valence electrons. The Morgan fingerprint density at radius 3 is 2.73 bits per heavy atom. The molecule has 1 heterocycles. The molecule has 2 aliphatic rings. The third-order valence-corrected chi connectivity index (χ3v) is 7.85. The summed E-state index contributed by atoms with van der Waals surface area (Å²) in [6.45, 7) is 10.2. The summed E-state index contributed by atoms with van der Waals surface area (Å²) >= 11 is 1.70. The van der Waals surface area contributed by atoms with Crippen LogP contribution in [0.3, 0.4) is 0 Å². The quantitative estimate of drug-likeness (QED) is 0.750. The molecule has 2 aliphatic carbocycles.